The van der Waals surface area contributed by atoms with E-state index in [0.29, 0.717) is 11.9 Å². The van der Waals surface area contributed by atoms with Crippen LogP contribution < -0.4 is 5.46 Å². The van der Waals surface area contributed by atoms with Gasteiger partial charge in [0.25, 0.3) is 0 Å². The Balaban J connectivity index is 2.03. The molecule has 1 heterocycles. The topological polar surface area (TPSA) is 33.1 Å². The fourth-order valence-corrected chi connectivity index (χ4v) is 2.78. The lowest BCUT2D eigenvalue weighted by Gasteiger charge is -2.09. The molecular weight excluding hydrogens is 332 g/mol. The van der Waals surface area contributed by atoms with Gasteiger partial charge in [-0.1, -0.05) is 39.6 Å². The van der Waals surface area contributed by atoms with E-state index >= 15 is 0 Å². The third-order valence-electron chi connectivity index (χ3n) is 3.30. The molecule has 0 unspecified atom stereocenters. The van der Waals surface area contributed by atoms with Gasteiger partial charge in [0.2, 0.25) is 0 Å². The summed E-state index contributed by atoms with van der Waals surface area (Å²) in [6.45, 7) is 0. The number of halogens is 2. The van der Waals surface area contributed by atoms with Gasteiger partial charge >= 0.3 is 0 Å². The van der Waals surface area contributed by atoms with Crippen molar-refractivity contribution in [1.82, 2.24) is 4.98 Å². The van der Waals surface area contributed by atoms with Crippen LogP contribution in [0, 0.1) is 5.82 Å². The number of pyridine rings is 1. The fourth-order valence-electron chi connectivity index (χ4n) is 2.23. The Morgan fingerprint density at radius 3 is 2.57 bits per heavy atom. The van der Waals surface area contributed by atoms with Gasteiger partial charge in [-0.3, -0.25) is 4.98 Å². The highest BCUT2D eigenvalue weighted by Gasteiger charge is 2.09. The quantitative estimate of drug-likeness (QED) is 0.726. The highest BCUT2D eigenvalue weighted by molar-refractivity contribution is 9.10. The van der Waals surface area contributed by atoms with Crippen molar-refractivity contribution < 1.29 is 9.50 Å². The number of hydrogen-bond donors (Lipinski definition) is 1. The molecule has 1 aromatic heterocycles. The highest BCUT2D eigenvalue weighted by atomic mass is 79.9. The first-order valence-electron chi connectivity index (χ1n) is 6.34. The third-order valence-corrected chi connectivity index (χ3v) is 3.96. The molecule has 2 aromatic carbocycles. The number of hydrogen-bond acceptors (Lipinski definition) is 2. The minimum Gasteiger partial charge on any atom is -0.506 e. The maximum atomic E-state index is 12.9. The molecule has 3 rings (SSSR count). The van der Waals surface area contributed by atoms with E-state index in [0.717, 1.165) is 21.0 Å². The summed E-state index contributed by atoms with van der Waals surface area (Å²) in [5.41, 5.74) is 2.71. The first-order chi connectivity index (χ1) is 10.0. The van der Waals surface area contributed by atoms with Gasteiger partial charge in [-0.15, -0.1) is 0 Å². The van der Waals surface area contributed by atoms with E-state index < -0.39 is 0 Å². The molecule has 5 heteroatoms. The average Bonchev–Trinajstić information content (AvgIpc) is 2.47. The van der Waals surface area contributed by atoms with Crippen LogP contribution in [0.2, 0.25) is 0 Å². The van der Waals surface area contributed by atoms with Crippen LogP contribution in [0.5, 0.6) is 5.75 Å². The minimum absolute atomic E-state index is 0.0125. The van der Waals surface area contributed by atoms with Gasteiger partial charge in [-0.05, 0) is 35.7 Å². The van der Waals surface area contributed by atoms with E-state index in [2.05, 4.69) is 20.9 Å². The Hall–Kier alpha value is -1.88. The van der Waals surface area contributed by atoms with E-state index in [1.54, 1.807) is 24.4 Å². The highest BCUT2D eigenvalue weighted by Crippen LogP contribution is 2.28. The van der Waals surface area contributed by atoms with Crippen LogP contribution >= 0.6 is 15.9 Å². The minimum atomic E-state index is -0.251. The molecule has 2 radical (unpaired) electrons. The predicted molar refractivity (Wildman–Crippen MR) is 85.7 cm³/mol. The van der Waals surface area contributed by atoms with Crippen molar-refractivity contribution in [2.24, 2.45) is 0 Å². The number of fused-ring (bicyclic) bond motifs is 1. The Labute approximate surface area is 131 Å². The molecule has 1 N–H and O–H groups in total. The van der Waals surface area contributed by atoms with Crippen molar-refractivity contribution in [3.05, 3.63) is 64.0 Å². The summed E-state index contributed by atoms with van der Waals surface area (Å²) in [5, 5.41) is 10.7. The normalized spacial score (nSPS) is 11.0. The van der Waals surface area contributed by atoms with Gasteiger partial charge in [-0.2, -0.15) is 0 Å². The molecule has 0 fully saturated rings. The lowest BCUT2D eigenvalue weighted by atomic mass is 9.93. The van der Waals surface area contributed by atoms with Crippen molar-refractivity contribution in [3.8, 4) is 5.75 Å². The van der Waals surface area contributed by atoms with Crippen LogP contribution in [-0.4, -0.2) is 17.9 Å². The SMILES string of the molecule is [B]c1cc(Br)c2cc(Cc3ccc(F)cc3)cnc2c1O. The van der Waals surface area contributed by atoms with Gasteiger partial charge in [0.15, 0.2) is 0 Å². The van der Waals surface area contributed by atoms with E-state index in [9.17, 15) is 9.50 Å². The van der Waals surface area contributed by atoms with E-state index in [1.807, 2.05) is 6.07 Å². The fraction of sp³-hybridized carbons (Fsp3) is 0.0625. The second kappa shape index (κ2) is 5.49. The molecule has 102 valence electrons. The molecule has 0 aliphatic carbocycles. The molecule has 0 aliphatic rings. The third kappa shape index (κ3) is 2.79. The van der Waals surface area contributed by atoms with Crippen molar-refractivity contribution >= 4 is 40.1 Å². The summed E-state index contributed by atoms with van der Waals surface area (Å²) in [5.74, 6) is -0.264. The van der Waals surface area contributed by atoms with Gasteiger partial charge in [0, 0.05) is 16.1 Å². The zero-order valence-corrected chi connectivity index (χ0v) is 12.6. The van der Waals surface area contributed by atoms with E-state index in [1.165, 1.54) is 12.1 Å². The molecule has 0 saturated carbocycles. The molecule has 3 aromatic rings. The van der Waals surface area contributed by atoms with Crippen molar-refractivity contribution in [1.29, 1.82) is 0 Å². The second-order valence-corrected chi connectivity index (χ2v) is 5.69. The summed E-state index contributed by atoms with van der Waals surface area (Å²) >= 11 is 3.43. The van der Waals surface area contributed by atoms with Crippen LogP contribution in [0.4, 0.5) is 4.39 Å². The first-order valence-corrected chi connectivity index (χ1v) is 7.14. The molecule has 0 saturated heterocycles. The largest absolute Gasteiger partial charge is 0.506 e. The number of aromatic hydroxyl groups is 1. The summed E-state index contributed by atoms with van der Waals surface area (Å²) in [7, 11) is 5.71. The molecule has 21 heavy (non-hydrogen) atoms. The van der Waals surface area contributed by atoms with Crippen LogP contribution in [0.15, 0.2) is 47.1 Å². The molecule has 2 nitrogen and oxygen atoms in total. The average molecular weight is 342 g/mol. The zero-order chi connectivity index (χ0) is 15.0. The van der Waals surface area contributed by atoms with Crippen LogP contribution in [-0.2, 0) is 6.42 Å². The lowest BCUT2D eigenvalue weighted by Crippen LogP contribution is -2.04. The molecule has 0 spiro atoms. The van der Waals surface area contributed by atoms with Gasteiger partial charge in [-0.25, -0.2) is 4.39 Å². The smallest absolute Gasteiger partial charge is 0.134 e. The summed E-state index contributed by atoms with van der Waals surface area (Å²) in [6.07, 6.45) is 2.33. The predicted octanol–water partition coefficient (Wildman–Crippen LogP) is 3.23. The van der Waals surface area contributed by atoms with Crippen LogP contribution in [0.25, 0.3) is 10.9 Å². The number of aromatic nitrogens is 1. The van der Waals surface area contributed by atoms with E-state index in [4.69, 9.17) is 7.85 Å². The maximum Gasteiger partial charge on any atom is 0.134 e. The van der Waals surface area contributed by atoms with Crippen LogP contribution in [0.1, 0.15) is 11.1 Å². The van der Waals surface area contributed by atoms with Gasteiger partial charge in [0.05, 0.1) is 0 Å². The number of phenolic OH excluding ortho intramolecular Hbond substituents is 1. The Morgan fingerprint density at radius 1 is 1.14 bits per heavy atom. The second-order valence-electron chi connectivity index (χ2n) is 4.84. The molecular formula is C16H10BBrFNO. The van der Waals surface area contributed by atoms with Crippen LogP contribution in [0.3, 0.4) is 0 Å². The zero-order valence-electron chi connectivity index (χ0n) is 11.0. The Morgan fingerprint density at radius 2 is 1.86 bits per heavy atom. The molecule has 0 aliphatic heterocycles. The molecule has 0 bridgehead atoms. The number of rotatable bonds is 2. The van der Waals surface area contributed by atoms with Crippen molar-refractivity contribution in [3.63, 3.8) is 0 Å². The Bertz CT molecular complexity index is 821. The molecule has 0 atom stereocenters. The first kappa shape index (κ1) is 14.1. The van der Waals surface area contributed by atoms with Gasteiger partial charge < -0.3 is 5.11 Å². The van der Waals surface area contributed by atoms with Crippen molar-refractivity contribution in [2.45, 2.75) is 6.42 Å². The number of nitrogens with zero attached hydrogens (tertiary/aromatic N) is 1. The van der Waals surface area contributed by atoms with Gasteiger partial charge in [0.1, 0.15) is 24.9 Å². The lowest BCUT2D eigenvalue weighted by molar-refractivity contribution is 0.484. The monoisotopic (exact) mass is 341 g/mol. The Kier molecular flexibility index (Phi) is 3.68. The number of phenols is 1. The van der Waals surface area contributed by atoms with E-state index in [-0.39, 0.29) is 17.0 Å². The summed E-state index contributed by atoms with van der Waals surface area (Å²) < 4.78 is 13.7. The maximum absolute atomic E-state index is 12.9. The number of benzene rings is 2. The summed E-state index contributed by atoms with van der Waals surface area (Å²) in [6, 6.07) is 9.96. The summed E-state index contributed by atoms with van der Waals surface area (Å²) in [4.78, 5) is 4.28. The standard InChI is InChI=1S/C16H10BBrFNO/c17-13-7-14(18)12-6-10(8-20-15(12)16(13)21)5-9-1-3-11(19)4-2-9/h1-4,6-8,21H,5H2. The molecule has 0 amide bonds. The van der Waals surface area contributed by atoms with Crippen molar-refractivity contribution in [2.75, 3.05) is 0 Å².